The van der Waals surface area contributed by atoms with Gasteiger partial charge >= 0.3 is 0 Å². The Labute approximate surface area is 508 Å². The smallest absolute Gasteiger partial charge is 0.269 e. The summed E-state index contributed by atoms with van der Waals surface area (Å²) in [5.74, 6) is 0.825. The third-order valence-corrected chi connectivity index (χ3v) is 15.1. The molecule has 0 atom stereocenters. The molecule has 13 rings (SSSR count). The second-order valence-electron chi connectivity index (χ2n) is 22.5. The number of fused-ring (bicyclic) bond motifs is 4. The maximum atomic E-state index is 9.34. The first-order chi connectivity index (χ1) is 47.4. The lowest BCUT2D eigenvalue weighted by molar-refractivity contribution is -0.571. The van der Waals surface area contributed by atoms with Gasteiger partial charge in [-0.15, -0.1) is 0 Å². The normalized spacial score (nSPS) is 15.8. The van der Waals surface area contributed by atoms with Crippen LogP contribution in [0.5, 0.6) is 11.5 Å². The molecule has 5 heteroatoms. The van der Waals surface area contributed by atoms with E-state index in [9.17, 15) is 2.74 Å². The van der Waals surface area contributed by atoms with E-state index in [1.165, 1.54) is 30.5 Å². The molecule has 0 saturated carbocycles. The van der Waals surface area contributed by atoms with E-state index in [1.54, 1.807) is 57.7 Å². The molecule has 0 saturated heterocycles. The molecule has 3 heterocycles. The van der Waals surface area contributed by atoms with Gasteiger partial charge in [-0.2, -0.15) is 0 Å². The van der Waals surface area contributed by atoms with E-state index in [0.717, 1.165) is 21.9 Å². The van der Waals surface area contributed by atoms with Crippen molar-refractivity contribution in [2.24, 2.45) is 0 Å². The van der Waals surface area contributed by atoms with Crippen LogP contribution >= 0.6 is 0 Å². The maximum absolute atomic E-state index is 9.34. The summed E-state index contributed by atoms with van der Waals surface area (Å²) in [5.41, 5.74) is 6.55. The van der Waals surface area contributed by atoms with E-state index < -0.39 is 81.0 Å². The van der Waals surface area contributed by atoms with Gasteiger partial charge in [-0.3, -0.25) is 13.7 Å². The van der Waals surface area contributed by atoms with E-state index in [2.05, 4.69) is 60.0 Å². The molecule has 0 aliphatic heterocycles. The number of aryl methyl sites for hydroxylation is 3. The molecule has 0 N–H and O–H groups in total. The average molecular weight is 1080 g/mol. The van der Waals surface area contributed by atoms with E-state index in [1.807, 2.05) is 89.5 Å². The minimum absolute atomic E-state index is 0.00995. The summed E-state index contributed by atoms with van der Waals surface area (Å²) in [7, 11) is 0. The number of nitrogens with zero attached hydrogens (tertiary/aromatic N) is 4. The molecule has 0 unspecified atom stereocenters. The summed E-state index contributed by atoms with van der Waals surface area (Å²) in [6.45, 7) is 4.24. The van der Waals surface area contributed by atoms with Gasteiger partial charge in [0.05, 0.1) is 47.1 Å². The van der Waals surface area contributed by atoms with Crippen molar-refractivity contribution in [3.05, 3.63) is 271 Å². The highest BCUT2D eigenvalue weighted by atomic mass is 16.5. The van der Waals surface area contributed by atoms with Crippen molar-refractivity contribution in [3.8, 4) is 84.3 Å². The number of para-hydroxylation sites is 1. The lowest BCUT2D eigenvalue weighted by Gasteiger charge is -2.24. The monoisotopic (exact) mass is 1080 g/mol. The van der Waals surface area contributed by atoms with E-state index >= 15 is 0 Å². The van der Waals surface area contributed by atoms with Gasteiger partial charge in [0.2, 0.25) is 0 Å². The second kappa shape index (κ2) is 20.5. The summed E-state index contributed by atoms with van der Waals surface area (Å²) in [5, 5.41) is 1.54. The van der Waals surface area contributed by atoms with Gasteiger partial charge in [0, 0.05) is 40.9 Å². The highest BCUT2D eigenvalue weighted by Crippen LogP contribution is 2.43. The van der Waals surface area contributed by atoms with Crippen LogP contribution in [0.4, 0.5) is 0 Å². The summed E-state index contributed by atoms with van der Waals surface area (Å²) in [6.07, 6.45) is 4.93. The highest BCUT2D eigenvalue weighted by molar-refractivity contribution is 6.09. The molecule has 0 radical (unpaired) electrons. The predicted molar refractivity (Wildman–Crippen MR) is 341 cm³/mol. The molecule has 0 fully saturated rings. The molecule has 10 aromatic carbocycles. The van der Waals surface area contributed by atoms with Crippen LogP contribution in [0.1, 0.15) is 95.4 Å². The maximum Gasteiger partial charge on any atom is 0.269 e. The highest BCUT2D eigenvalue weighted by Gasteiger charge is 2.25. The first kappa shape index (κ1) is 34.5. The molecular weight excluding hydrogens is 997 g/mol. The zero-order valence-corrected chi connectivity index (χ0v) is 45.9. The molecule has 3 aromatic heterocycles. The minimum atomic E-state index is -2.84. The van der Waals surface area contributed by atoms with Crippen LogP contribution in [-0.2, 0) is 10.8 Å². The number of imidazole rings is 1. The molecule has 0 aliphatic carbocycles. The Morgan fingerprint density at radius 2 is 1.10 bits per heavy atom. The third kappa shape index (κ3) is 9.56. The number of hydrogen-bond acceptors (Lipinski definition) is 2. The Kier molecular flexibility index (Phi) is 8.64. The van der Waals surface area contributed by atoms with Gasteiger partial charge < -0.3 is 4.74 Å². The first-order valence-corrected chi connectivity index (χ1v) is 26.9. The lowest BCUT2D eigenvalue weighted by atomic mass is 9.83. The topological polar surface area (TPSA) is 35.9 Å². The van der Waals surface area contributed by atoms with Crippen molar-refractivity contribution in [1.29, 1.82) is 0 Å². The second-order valence-corrected chi connectivity index (χ2v) is 22.5. The van der Waals surface area contributed by atoms with Gasteiger partial charge in [-0.05, 0) is 170 Å². The fraction of sp³-hybridized carbons (Fsp3) is 0.143. The van der Waals surface area contributed by atoms with Crippen molar-refractivity contribution in [2.45, 2.75) is 72.9 Å². The molecule has 0 bridgehead atoms. The zero-order valence-electron chi connectivity index (χ0n) is 64.9. The summed E-state index contributed by atoms with van der Waals surface area (Å²) < 4.78 is 178. The van der Waals surface area contributed by atoms with Crippen LogP contribution in [-0.4, -0.2) is 14.1 Å². The van der Waals surface area contributed by atoms with Crippen molar-refractivity contribution in [1.82, 2.24) is 14.1 Å². The van der Waals surface area contributed by atoms with Crippen LogP contribution < -0.4 is 9.30 Å². The molecule has 0 aliphatic rings. The summed E-state index contributed by atoms with van der Waals surface area (Å²) in [4.78, 5) is 4.75. The fourth-order valence-electron chi connectivity index (χ4n) is 10.9. The van der Waals surface area contributed by atoms with Gasteiger partial charge in [-0.1, -0.05) is 205 Å². The number of pyridine rings is 1. The van der Waals surface area contributed by atoms with Gasteiger partial charge in [0.15, 0.2) is 0 Å². The molecule has 13 aromatic rings. The van der Waals surface area contributed by atoms with Crippen LogP contribution in [0.2, 0.25) is 0 Å². The SMILES string of the molecule is [2H]c1c([2H])c([2H])c(-c2cc(-c3cccc(C(C)(C)C)c3)c(-[n+]3[c-]n(-c4cccc(Oc5ccc6c7ccccc7n(-c7cc(C([2H])([2H])[2H])c(-c8c([2H])c([2H])c([2H])c([2H])c8[2H])cn7)c6c5)c4)c4cc(-c5c(C([2H])([2H])[2H])cccc5C([2H])([2H])[2H])ccc43)c(-c3cccc(C(C)(C)C)c3)c2)c([2H])c1[2H]. The number of aromatic nitrogens is 4. The van der Waals surface area contributed by atoms with Crippen LogP contribution in [0, 0.1) is 26.9 Å². The van der Waals surface area contributed by atoms with Crippen LogP contribution in [0.15, 0.2) is 236 Å². The first-order valence-electron chi connectivity index (χ1n) is 36.4. The number of hydrogen-bond donors (Lipinski definition) is 0. The van der Waals surface area contributed by atoms with Crippen LogP contribution in [0.3, 0.4) is 0 Å². The van der Waals surface area contributed by atoms with E-state index in [0.29, 0.717) is 72.8 Å². The number of benzene rings is 10. The van der Waals surface area contributed by atoms with E-state index in [-0.39, 0.29) is 61.2 Å². The molecule has 5 nitrogen and oxygen atoms in total. The Balaban J connectivity index is 1.06. The largest absolute Gasteiger partial charge is 0.458 e. The van der Waals surface area contributed by atoms with E-state index in [4.69, 9.17) is 33.0 Å². The summed E-state index contributed by atoms with van der Waals surface area (Å²) in [6, 6.07) is 45.3. The quantitative estimate of drug-likeness (QED) is 0.101. The third-order valence-electron chi connectivity index (χ3n) is 15.1. The van der Waals surface area contributed by atoms with Gasteiger partial charge in [-0.25, -0.2) is 4.98 Å². The van der Waals surface area contributed by atoms with Crippen molar-refractivity contribution < 1.29 is 35.3 Å². The standard InChI is InChI=1S/C77H66N4O/c1-50-22-18-23-51(2)74(50)57-36-39-70-72(45-57)79(49-80(70)75-66(55-28-19-30-59(41-55)76(4,5)6)43-58(53-24-12-10-13-25-53)44-67(75)56-29-20-31-60(42-56)77(7,8)9)61-32-21-33-62(46-61)82-63-37-38-65-64-34-16-17-35-69(64)81(71(65)47-63)73-40-52(3)68(48-78-73)54-26-14-11-15-27-54/h10-48H,1-9H3/i1D3,2D3,3D3,10D,11D,12D,13D,14D,15D,24D,25D,26D,27D. The minimum Gasteiger partial charge on any atom is -0.458 e. The van der Waals surface area contributed by atoms with Crippen LogP contribution in [0.25, 0.3) is 106 Å². The summed E-state index contributed by atoms with van der Waals surface area (Å²) >= 11 is 0. The number of rotatable bonds is 10. The Morgan fingerprint density at radius 1 is 0.476 bits per heavy atom. The Bertz CT molecular complexity index is 5400. The zero-order chi connectivity index (χ0) is 72.6. The van der Waals surface area contributed by atoms with Crippen molar-refractivity contribution >= 4 is 32.8 Å². The lowest BCUT2D eigenvalue weighted by Crippen LogP contribution is -2.31. The predicted octanol–water partition coefficient (Wildman–Crippen LogP) is 19.8. The van der Waals surface area contributed by atoms with Gasteiger partial charge in [0.1, 0.15) is 17.3 Å². The van der Waals surface area contributed by atoms with Crippen molar-refractivity contribution in [2.75, 3.05) is 0 Å². The fourth-order valence-corrected chi connectivity index (χ4v) is 10.9. The van der Waals surface area contributed by atoms with Crippen molar-refractivity contribution in [3.63, 3.8) is 0 Å². The average Bonchev–Trinajstić information content (AvgIpc) is 1.68. The molecule has 82 heavy (non-hydrogen) atoms. The molecule has 0 spiro atoms. The molecule has 0 amide bonds. The Hall–Kier alpha value is -9.58. The molecule has 400 valence electrons. The van der Waals surface area contributed by atoms with Gasteiger partial charge in [0.25, 0.3) is 6.33 Å². The molecular formula is C77H66N4O. The number of ether oxygens (including phenoxy) is 1. The Morgan fingerprint density at radius 3 is 1.77 bits per heavy atom.